The highest BCUT2D eigenvalue weighted by molar-refractivity contribution is 7.22. The van der Waals surface area contributed by atoms with Crippen LogP contribution in [0.1, 0.15) is 0 Å². The predicted octanol–water partition coefficient (Wildman–Crippen LogP) is 4.37. The van der Waals surface area contributed by atoms with Crippen molar-refractivity contribution in [3.05, 3.63) is 54.8 Å². The second kappa shape index (κ2) is 6.79. The van der Waals surface area contributed by atoms with Gasteiger partial charge in [0.2, 0.25) is 5.95 Å². The Morgan fingerprint density at radius 2 is 1.74 bits per heavy atom. The maximum Gasteiger partial charge on any atom is 0.226 e. The molecule has 0 aliphatic carbocycles. The van der Waals surface area contributed by atoms with E-state index in [9.17, 15) is 0 Å². The lowest BCUT2D eigenvalue weighted by molar-refractivity contribution is 0.311. The molecule has 0 unspecified atom stereocenters. The molecule has 1 fully saturated rings. The Labute approximate surface area is 161 Å². The standard InChI is InChI=1S/C21H20N4OS/c1-24-8-10-25(11-9-24)21-22-16(18-6-4-12-26-18)14-17(23-21)20-13-15-5-2-3-7-19(15)27-20/h2-7,12-14H,8-11H2,1H3. The molecular weight excluding hydrogens is 356 g/mol. The fourth-order valence-corrected chi connectivity index (χ4v) is 4.39. The molecule has 1 aromatic carbocycles. The van der Waals surface area contributed by atoms with E-state index in [1.165, 1.54) is 10.1 Å². The van der Waals surface area contributed by atoms with Gasteiger partial charge in [0.1, 0.15) is 5.69 Å². The fourth-order valence-electron chi connectivity index (χ4n) is 3.37. The Kier molecular flexibility index (Phi) is 4.14. The van der Waals surface area contributed by atoms with E-state index in [1.807, 2.05) is 18.2 Å². The minimum absolute atomic E-state index is 0.773. The molecule has 3 aromatic heterocycles. The van der Waals surface area contributed by atoms with E-state index in [0.717, 1.165) is 54.2 Å². The van der Waals surface area contributed by atoms with E-state index in [0.29, 0.717) is 0 Å². The van der Waals surface area contributed by atoms with E-state index in [1.54, 1.807) is 17.6 Å². The Morgan fingerprint density at radius 1 is 0.926 bits per heavy atom. The van der Waals surface area contributed by atoms with Crippen molar-refractivity contribution in [3.8, 4) is 22.0 Å². The van der Waals surface area contributed by atoms with Gasteiger partial charge < -0.3 is 14.2 Å². The highest BCUT2D eigenvalue weighted by atomic mass is 32.1. The van der Waals surface area contributed by atoms with Crippen LogP contribution < -0.4 is 4.90 Å². The minimum atomic E-state index is 0.773. The van der Waals surface area contributed by atoms with Gasteiger partial charge in [0.05, 0.1) is 16.8 Å². The second-order valence-electron chi connectivity index (χ2n) is 6.85. The van der Waals surface area contributed by atoms with Crippen LogP contribution in [0.25, 0.3) is 32.1 Å². The number of nitrogens with zero attached hydrogens (tertiary/aromatic N) is 4. The molecule has 1 aliphatic rings. The van der Waals surface area contributed by atoms with Crippen molar-refractivity contribution in [2.24, 2.45) is 0 Å². The van der Waals surface area contributed by atoms with Gasteiger partial charge in [-0.15, -0.1) is 11.3 Å². The molecule has 4 aromatic rings. The molecule has 0 atom stereocenters. The summed E-state index contributed by atoms with van der Waals surface area (Å²) < 4.78 is 6.89. The maximum atomic E-state index is 5.62. The molecule has 5 rings (SSSR count). The molecule has 6 heteroatoms. The van der Waals surface area contributed by atoms with Crippen molar-refractivity contribution in [1.29, 1.82) is 0 Å². The number of piperazine rings is 1. The molecule has 0 spiro atoms. The molecular formula is C21H20N4OS. The Hall–Kier alpha value is -2.70. The van der Waals surface area contributed by atoms with Crippen LogP contribution in [0.2, 0.25) is 0 Å². The van der Waals surface area contributed by atoms with Crippen molar-refractivity contribution in [2.75, 3.05) is 38.1 Å². The maximum absolute atomic E-state index is 5.62. The highest BCUT2D eigenvalue weighted by Crippen LogP contribution is 2.35. The monoisotopic (exact) mass is 376 g/mol. The lowest BCUT2D eigenvalue weighted by Crippen LogP contribution is -2.45. The van der Waals surface area contributed by atoms with Crippen molar-refractivity contribution in [1.82, 2.24) is 14.9 Å². The first kappa shape index (κ1) is 16.5. The number of benzene rings is 1. The smallest absolute Gasteiger partial charge is 0.226 e. The zero-order valence-corrected chi connectivity index (χ0v) is 15.9. The average molecular weight is 376 g/mol. The summed E-state index contributed by atoms with van der Waals surface area (Å²) in [6, 6.07) is 16.5. The van der Waals surface area contributed by atoms with Crippen LogP contribution in [0.3, 0.4) is 0 Å². The molecule has 27 heavy (non-hydrogen) atoms. The molecule has 0 N–H and O–H groups in total. The summed E-state index contributed by atoms with van der Waals surface area (Å²) in [7, 11) is 2.15. The van der Waals surface area contributed by atoms with Gasteiger partial charge in [-0.25, -0.2) is 9.97 Å². The fraction of sp³-hybridized carbons (Fsp3) is 0.238. The van der Waals surface area contributed by atoms with Gasteiger partial charge in [0.15, 0.2) is 5.76 Å². The van der Waals surface area contributed by atoms with Gasteiger partial charge in [0, 0.05) is 30.9 Å². The molecule has 0 amide bonds. The van der Waals surface area contributed by atoms with Crippen LogP contribution in [0.15, 0.2) is 59.2 Å². The third-order valence-corrected chi connectivity index (χ3v) is 6.09. The normalized spacial score (nSPS) is 15.5. The van der Waals surface area contributed by atoms with Crippen LogP contribution in [-0.4, -0.2) is 48.1 Å². The van der Waals surface area contributed by atoms with Gasteiger partial charge in [-0.05, 0) is 42.8 Å². The zero-order chi connectivity index (χ0) is 18.2. The van der Waals surface area contributed by atoms with Crippen LogP contribution in [0.4, 0.5) is 5.95 Å². The number of fused-ring (bicyclic) bond motifs is 1. The number of anilines is 1. The van der Waals surface area contributed by atoms with Crippen LogP contribution in [0, 0.1) is 0 Å². The molecule has 1 saturated heterocycles. The minimum Gasteiger partial charge on any atom is -0.463 e. The van der Waals surface area contributed by atoms with Gasteiger partial charge >= 0.3 is 0 Å². The Bertz CT molecular complexity index is 1030. The first-order valence-corrected chi connectivity index (χ1v) is 9.93. The number of furan rings is 1. The van der Waals surface area contributed by atoms with Crippen molar-refractivity contribution in [3.63, 3.8) is 0 Å². The summed E-state index contributed by atoms with van der Waals surface area (Å²) in [6.07, 6.45) is 1.69. The van der Waals surface area contributed by atoms with Crippen LogP contribution in [0.5, 0.6) is 0 Å². The van der Waals surface area contributed by atoms with E-state index in [2.05, 4.69) is 47.2 Å². The summed E-state index contributed by atoms with van der Waals surface area (Å²) in [5.74, 6) is 1.56. The third-order valence-electron chi connectivity index (χ3n) is 4.95. The first-order valence-electron chi connectivity index (χ1n) is 9.12. The molecule has 136 valence electrons. The van der Waals surface area contributed by atoms with E-state index in [-0.39, 0.29) is 0 Å². The number of aromatic nitrogens is 2. The van der Waals surface area contributed by atoms with Gasteiger partial charge in [0.25, 0.3) is 0 Å². The molecule has 0 bridgehead atoms. The second-order valence-corrected chi connectivity index (χ2v) is 7.94. The van der Waals surface area contributed by atoms with Gasteiger partial charge in [-0.1, -0.05) is 18.2 Å². The van der Waals surface area contributed by atoms with Crippen molar-refractivity contribution >= 4 is 27.4 Å². The predicted molar refractivity (Wildman–Crippen MR) is 110 cm³/mol. The number of likely N-dealkylation sites (N-methyl/N-ethyl adjacent to an activating group) is 1. The lowest BCUT2D eigenvalue weighted by Gasteiger charge is -2.32. The SMILES string of the molecule is CN1CCN(c2nc(-c3ccco3)cc(-c3cc4ccccc4s3)n2)CC1. The van der Waals surface area contributed by atoms with E-state index in [4.69, 9.17) is 14.4 Å². The molecule has 0 radical (unpaired) electrons. The topological polar surface area (TPSA) is 45.4 Å². The summed E-state index contributed by atoms with van der Waals surface area (Å²) in [4.78, 5) is 15.5. The summed E-state index contributed by atoms with van der Waals surface area (Å²) in [5, 5.41) is 1.25. The first-order chi connectivity index (χ1) is 13.3. The average Bonchev–Trinajstić information content (AvgIpc) is 3.38. The Morgan fingerprint density at radius 3 is 2.52 bits per heavy atom. The van der Waals surface area contributed by atoms with Crippen molar-refractivity contribution in [2.45, 2.75) is 0 Å². The molecule has 5 nitrogen and oxygen atoms in total. The highest BCUT2D eigenvalue weighted by Gasteiger charge is 2.20. The largest absolute Gasteiger partial charge is 0.463 e. The summed E-state index contributed by atoms with van der Waals surface area (Å²) >= 11 is 1.76. The zero-order valence-electron chi connectivity index (χ0n) is 15.1. The summed E-state index contributed by atoms with van der Waals surface area (Å²) in [6.45, 7) is 3.91. The molecule has 0 saturated carbocycles. The van der Waals surface area contributed by atoms with E-state index < -0.39 is 0 Å². The summed E-state index contributed by atoms with van der Waals surface area (Å²) in [5.41, 5.74) is 1.78. The lowest BCUT2D eigenvalue weighted by atomic mass is 10.2. The van der Waals surface area contributed by atoms with Crippen LogP contribution in [-0.2, 0) is 0 Å². The van der Waals surface area contributed by atoms with Crippen molar-refractivity contribution < 1.29 is 4.42 Å². The number of hydrogen-bond acceptors (Lipinski definition) is 6. The van der Waals surface area contributed by atoms with Gasteiger partial charge in [-0.3, -0.25) is 0 Å². The van der Waals surface area contributed by atoms with Crippen LogP contribution >= 0.6 is 11.3 Å². The molecule has 1 aliphatic heterocycles. The van der Waals surface area contributed by atoms with E-state index >= 15 is 0 Å². The Balaban J connectivity index is 1.61. The van der Waals surface area contributed by atoms with Gasteiger partial charge in [-0.2, -0.15) is 0 Å². The molecule has 4 heterocycles. The quantitative estimate of drug-likeness (QED) is 0.531. The number of rotatable bonds is 3. The number of thiophene rings is 1. The third kappa shape index (κ3) is 3.22. The number of hydrogen-bond donors (Lipinski definition) is 0.